The number of rotatable bonds is 4. The summed E-state index contributed by atoms with van der Waals surface area (Å²) in [6, 6.07) is 3.20. The van der Waals surface area contributed by atoms with Crippen LogP contribution in [0.4, 0.5) is 0 Å². The molecule has 0 aliphatic carbocycles. The van der Waals surface area contributed by atoms with Gasteiger partial charge in [-0.25, -0.2) is 4.79 Å². The molecule has 0 radical (unpaired) electrons. The smallest absolute Gasteiger partial charge is 0.336 e. The predicted octanol–water partition coefficient (Wildman–Crippen LogP) is 3.35. The highest BCUT2D eigenvalue weighted by Crippen LogP contribution is 2.32. The van der Waals surface area contributed by atoms with Gasteiger partial charge in [0.25, 0.3) is 0 Å². The van der Waals surface area contributed by atoms with Gasteiger partial charge in [0.05, 0.1) is 5.71 Å². The molecule has 0 saturated heterocycles. The summed E-state index contributed by atoms with van der Waals surface area (Å²) in [4.78, 5) is 11.7. The third kappa shape index (κ3) is 2.77. The largest absolute Gasteiger partial charge is 0.507 e. The van der Waals surface area contributed by atoms with Gasteiger partial charge in [-0.2, -0.15) is 0 Å². The maximum atomic E-state index is 11.7. The minimum absolute atomic E-state index is 0.0337. The first-order valence-electron chi connectivity index (χ1n) is 6.97. The van der Waals surface area contributed by atoms with Crippen molar-refractivity contribution in [3.8, 4) is 5.75 Å². The number of hydrogen-bond acceptors (Lipinski definition) is 5. The molecule has 0 spiro atoms. The van der Waals surface area contributed by atoms with E-state index in [0.29, 0.717) is 22.4 Å². The number of fused-ring (bicyclic) bond motifs is 1. The molecule has 112 valence electrons. The molecule has 1 aromatic carbocycles. The zero-order valence-electron chi connectivity index (χ0n) is 12.4. The van der Waals surface area contributed by atoms with E-state index in [1.165, 1.54) is 6.07 Å². The summed E-state index contributed by atoms with van der Waals surface area (Å²) >= 11 is 0. The summed E-state index contributed by atoms with van der Waals surface area (Å²) in [6.45, 7) is 5.36. The highest BCUT2D eigenvalue weighted by molar-refractivity contribution is 6.05. The van der Waals surface area contributed by atoms with Gasteiger partial charge in [0.1, 0.15) is 11.3 Å². The number of benzene rings is 1. The second kappa shape index (κ2) is 5.99. The Morgan fingerprint density at radius 3 is 2.71 bits per heavy atom. The molecule has 2 aromatic rings. The Labute approximate surface area is 122 Å². The molecule has 0 unspecified atom stereocenters. The lowest BCUT2D eigenvalue weighted by molar-refractivity contribution is 0.318. The van der Waals surface area contributed by atoms with Crippen LogP contribution in [0.3, 0.4) is 0 Å². The normalized spacial score (nSPS) is 12.0. The molecular formula is C16H19NO4. The topological polar surface area (TPSA) is 83.0 Å². The van der Waals surface area contributed by atoms with E-state index in [-0.39, 0.29) is 5.75 Å². The van der Waals surface area contributed by atoms with Gasteiger partial charge in [-0.1, -0.05) is 18.5 Å². The summed E-state index contributed by atoms with van der Waals surface area (Å²) in [7, 11) is 0. The molecule has 2 rings (SSSR count). The van der Waals surface area contributed by atoms with Crippen LogP contribution in [-0.4, -0.2) is 16.0 Å². The summed E-state index contributed by atoms with van der Waals surface area (Å²) in [5.41, 5.74) is 2.08. The van der Waals surface area contributed by atoms with E-state index in [1.54, 1.807) is 19.9 Å². The Kier molecular flexibility index (Phi) is 4.31. The lowest BCUT2D eigenvalue weighted by atomic mass is 9.97. The number of hydrogen-bond donors (Lipinski definition) is 2. The summed E-state index contributed by atoms with van der Waals surface area (Å²) < 4.78 is 5.24. The summed E-state index contributed by atoms with van der Waals surface area (Å²) in [5.74, 6) is -0.0337. The summed E-state index contributed by atoms with van der Waals surface area (Å²) in [5, 5.41) is 23.1. The first kappa shape index (κ1) is 15.1. The number of aryl methyl sites for hydroxylation is 2. The van der Waals surface area contributed by atoms with Gasteiger partial charge in [-0.15, -0.1) is 0 Å². The SMILES string of the molecule is CCCCc1cc(=O)oc2c(C)c(O)c(C(C)=NO)cc12. The highest BCUT2D eigenvalue weighted by Gasteiger charge is 2.16. The van der Waals surface area contributed by atoms with Crippen LogP contribution in [0.1, 0.15) is 43.4 Å². The minimum atomic E-state index is -0.420. The third-order valence-electron chi connectivity index (χ3n) is 3.66. The maximum Gasteiger partial charge on any atom is 0.336 e. The second-order valence-electron chi connectivity index (χ2n) is 5.15. The average molecular weight is 289 g/mol. The van der Waals surface area contributed by atoms with Crippen molar-refractivity contribution in [1.82, 2.24) is 0 Å². The van der Waals surface area contributed by atoms with Crippen LogP contribution in [0.5, 0.6) is 5.75 Å². The van der Waals surface area contributed by atoms with E-state index in [2.05, 4.69) is 12.1 Å². The quantitative estimate of drug-likeness (QED) is 0.391. The van der Waals surface area contributed by atoms with Crippen molar-refractivity contribution in [1.29, 1.82) is 0 Å². The van der Waals surface area contributed by atoms with E-state index in [4.69, 9.17) is 9.62 Å². The van der Waals surface area contributed by atoms with Crippen LogP contribution in [0.2, 0.25) is 0 Å². The van der Waals surface area contributed by atoms with Crippen molar-refractivity contribution < 1.29 is 14.7 Å². The van der Waals surface area contributed by atoms with E-state index in [1.807, 2.05) is 0 Å². The van der Waals surface area contributed by atoms with Gasteiger partial charge in [0.15, 0.2) is 0 Å². The van der Waals surface area contributed by atoms with Crippen LogP contribution < -0.4 is 5.63 Å². The van der Waals surface area contributed by atoms with Gasteiger partial charge in [-0.3, -0.25) is 0 Å². The van der Waals surface area contributed by atoms with Crippen molar-refractivity contribution in [3.05, 3.63) is 39.2 Å². The Morgan fingerprint density at radius 2 is 2.10 bits per heavy atom. The van der Waals surface area contributed by atoms with Crippen molar-refractivity contribution in [2.75, 3.05) is 0 Å². The number of phenols is 1. The van der Waals surface area contributed by atoms with E-state index >= 15 is 0 Å². The minimum Gasteiger partial charge on any atom is -0.507 e. The molecule has 0 amide bonds. The van der Waals surface area contributed by atoms with Gasteiger partial charge >= 0.3 is 5.63 Å². The molecule has 21 heavy (non-hydrogen) atoms. The zero-order valence-corrected chi connectivity index (χ0v) is 12.4. The first-order chi connectivity index (χ1) is 9.99. The van der Waals surface area contributed by atoms with Gasteiger partial charge in [-0.05, 0) is 38.3 Å². The molecule has 0 atom stereocenters. The Morgan fingerprint density at radius 1 is 1.38 bits per heavy atom. The number of phenolic OH excluding ortho intramolecular Hbond substituents is 1. The van der Waals surface area contributed by atoms with E-state index < -0.39 is 5.63 Å². The molecule has 0 aliphatic heterocycles. The fraction of sp³-hybridized carbons (Fsp3) is 0.375. The molecular weight excluding hydrogens is 270 g/mol. The highest BCUT2D eigenvalue weighted by atomic mass is 16.4. The van der Waals surface area contributed by atoms with Crippen LogP contribution in [0.15, 0.2) is 26.5 Å². The van der Waals surface area contributed by atoms with Crippen LogP contribution in [0.25, 0.3) is 11.0 Å². The summed E-state index contributed by atoms with van der Waals surface area (Å²) in [6.07, 6.45) is 2.74. The maximum absolute atomic E-state index is 11.7. The van der Waals surface area contributed by atoms with Crippen molar-refractivity contribution in [3.63, 3.8) is 0 Å². The van der Waals surface area contributed by atoms with Crippen molar-refractivity contribution >= 4 is 16.7 Å². The fourth-order valence-corrected chi connectivity index (χ4v) is 2.41. The van der Waals surface area contributed by atoms with Crippen molar-refractivity contribution in [2.24, 2.45) is 5.16 Å². The lowest BCUT2D eigenvalue weighted by Gasteiger charge is -2.12. The molecule has 5 heteroatoms. The van der Waals surface area contributed by atoms with Gasteiger partial charge in [0.2, 0.25) is 0 Å². The fourth-order valence-electron chi connectivity index (χ4n) is 2.41. The first-order valence-corrected chi connectivity index (χ1v) is 6.97. The molecule has 0 saturated carbocycles. The molecule has 5 nitrogen and oxygen atoms in total. The number of oxime groups is 1. The number of nitrogens with zero attached hydrogens (tertiary/aromatic N) is 1. The second-order valence-corrected chi connectivity index (χ2v) is 5.15. The molecule has 0 bridgehead atoms. The van der Waals surface area contributed by atoms with E-state index in [9.17, 15) is 9.90 Å². The number of aromatic hydroxyl groups is 1. The van der Waals surface area contributed by atoms with E-state index in [0.717, 1.165) is 30.2 Å². The van der Waals surface area contributed by atoms with Gasteiger partial charge < -0.3 is 14.7 Å². The Bertz CT molecular complexity index is 759. The van der Waals surface area contributed by atoms with Crippen molar-refractivity contribution in [2.45, 2.75) is 40.0 Å². The third-order valence-corrected chi connectivity index (χ3v) is 3.66. The molecule has 0 aliphatic rings. The molecule has 1 heterocycles. The van der Waals surface area contributed by atoms with Gasteiger partial charge in [0, 0.05) is 22.6 Å². The molecule has 2 N–H and O–H groups in total. The lowest BCUT2D eigenvalue weighted by Crippen LogP contribution is -2.04. The predicted molar refractivity (Wildman–Crippen MR) is 81.5 cm³/mol. The Hall–Kier alpha value is -2.30. The Balaban J connectivity index is 2.81. The molecule has 0 fully saturated rings. The van der Waals surface area contributed by atoms with Crippen LogP contribution in [0, 0.1) is 6.92 Å². The van der Waals surface area contributed by atoms with Crippen LogP contribution >= 0.6 is 0 Å². The monoisotopic (exact) mass is 289 g/mol. The number of unbranched alkanes of at least 4 members (excludes halogenated alkanes) is 1. The zero-order chi connectivity index (χ0) is 15.6. The average Bonchev–Trinajstić information content (AvgIpc) is 2.48. The molecule has 1 aromatic heterocycles. The standard InChI is InChI=1S/C16H19NO4/c1-4-5-6-11-7-14(18)21-16-9(2)15(19)12(8-13(11)16)10(3)17-20/h7-8,19-20H,4-6H2,1-3H3. The van der Waals surface area contributed by atoms with Crippen LogP contribution in [-0.2, 0) is 6.42 Å².